The fourth-order valence-corrected chi connectivity index (χ4v) is 5.76. The van der Waals surface area contributed by atoms with Crippen LogP contribution in [0.2, 0.25) is 0 Å². The van der Waals surface area contributed by atoms with E-state index in [-0.39, 0.29) is 29.8 Å². The Morgan fingerprint density at radius 3 is 2.69 bits per heavy atom. The molecule has 36 heavy (non-hydrogen) atoms. The van der Waals surface area contributed by atoms with Crippen molar-refractivity contribution >= 4 is 34.8 Å². The van der Waals surface area contributed by atoms with Crippen LogP contribution in [0.1, 0.15) is 51.1 Å². The Morgan fingerprint density at radius 1 is 1.22 bits per heavy atom. The first kappa shape index (κ1) is 25.9. The summed E-state index contributed by atoms with van der Waals surface area (Å²) in [6.45, 7) is 4.81. The number of fused-ring (bicyclic) bond motifs is 1. The number of nitrogens with zero attached hydrogens (tertiary/aromatic N) is 3. The number of carbonyl (C=O) groups is 3. The average molecular weight is 516 g/mol. The number of carbonyl (C=O) groups excluding carboxylic acids is 3. The number of amidine groups is 1. The van der Waals surface area contributed by atoms with Crippen LogP contribution in [-0.2, 0) is 23.9 Å². The number of allylic oxidation sites excluding steroid dienone is 1. The molecule has 1 aromatic rings. The maximum absolute atomic E-state index is 15.1. The topological polar surface area (TPSA) is 88.5 Å². The van der Waals surface area contributed by atoms with Crippen LogP contribution in [0.5, 0.6) is 0 Å². The van der Waals surface area contributed by atoms with E-state index in [2.05, 4.69) is 4.99 Å². The van der Waals surface area contributed by atoms with Gasteiger partial charge in [0.2, 0.25) is 5.91 Å². The minimum atomic E-state index is -0.816. The van der Waals surface area contributed by atoms with Crippen LogP contribution in [0.15, 0.2) is 51.6 Å². The Labute approximate surface area is 214 Å². The fraction of sp³-hybridized carbons (Fsp3) is 0.462. The van der Waals surface area contributed by atoms with Gasteiger partial charge in [-0.25, -0.2) is 14.2 Å². The highest BCUT2D eigenvalue weighted by Crippen LogP contribution is 2.46. The standard InChI is InChI=1S/C26H30FN3O5S/c1-4-20-22(25(33)34-3)23(18-10-6-7-11-19(18)27)30-17(15-36-26(30)28-20)13-21(31)29-12-8-9-16(14-29)24(32)35-5-2/h6-7,10-11,15-16,23H,4-5,8-9,12-14H2,1-3H3/t16-,23-/m0/s1. The van der Waals surface area contributed by atoms with Gasteiger partial charge in [-0.15, -0.1) is 0 Å². The van der Waals surface area contributed by atoms with Gasteiger partial charge in [0.1, 0.15) is 5.82 Å². The summed E-state index contributed by atoms with van der Waals surface area (Å²) in [6.07, 6.45) is 1.89. The van der Waals surface area contributed by atoms with Crippen LogP contribution < -0.4 is 0 Å². The van der Waals surface area contributed by atoms with Crippen molar-refractivity contribution in [2.75, 3.05) is 26.8 Å². The molecule has 2 atom stereocenters. The van der Waals surface area contributed by atoms with Crippen LogP contribution >= 0.6 is 11.8 Å². The number of thioether (sulfide) groups is 1. The van der Waals surface area contributed by atoms with Crippen LogP contribution in [0.4, 0.5) is 4.39 Å². The summed E-state index contributed by atoms with van der Waals surface area (Å²) >= 11 is 1.34. The van der Waals surface area contributed by atoms with Gasteiger partial charge in [-0.2, -0.15) is 0 Å². The number of benzene rings is 1. The predicted octanol–water partition coefficient (Wildman–Crippen LogP) is 4.16. The predicted molar refractivity (Wildman–Crippen MR) is 134 cm³/mol. The van der Waals surface area contributed by atoms with Crippen LogP contribution in [0, 0.1) is 11.7 Å². The number of amides is 1. The zero-order valence-corrected chi connectivity index (χ0v) is 21.5. The van der Waals surface area contributed by atoms with Crippen molar-refractivity contribution in [2.24, 2.45) is 10.9 Å². The van der Waals surface area contributed by atoms with Gasteiger partial charge in [-0.3, -0.25) is 9.59 Å². The maximum Gasteiger partial charge on any atom is 0.338 e. The van der Waals surface area contributed by atoms with Gasteiger partial charge >= 0.3 is 11.9 Å². The molecule has 0 saturated carbocycles. The molecule has 0 unspecified atom stereocenters. The quantitative estimate of drug-likeness (QED) is 0.504. The van der Waals surface area contributed by atoms with Gasteiger partial charge in [0.15, 0.2) is 5.17 Å². The summed E-state index contributed by atoms with van der Waals surface area (Å²) < 4.78 is 25.3. The van der Waals surface area contributed by atoms with Gasteiger partial charge < -0.3 is 19.3 Å². The third-order valence-electron chi connectivity index (χ3n) is 6.56. The summed E-state index contributed by atoms with van der Waals surface area (Å²) in [5.41, 5.74) is 1.71. The molecule has 0 spiro atoms. The summed E-state index contributed by atoms with van der Waals surface area (Å²) in [5.74, 6) is -1.81. The lowest BCUT2D eigenvalue weighted by atomic mass is 9.92. The molecule has 0 radical (unpaired) electrons. The summed E-state index contributed by atoms with van der Waals surface area (Å²) in [6, 6.07) is 5.47. The smallest absolute Gasteiger partial charge is 0.338 e. The van der Waals surface area contributed by atoms with E-state index in [4.69, 9.17) is 9.47 Å². The van der Waals surface area contributed by atoms with Gasteiger partial charge in [0.25, 0.3) is 0 Å². The van der Waals surface area contributed by atoms with E-state index >= 15 is 4.39 Å². The number of hydrogen-bond donors (Lipinski definition) is 0. The largest absolute Gasteiger partial charge is 0.466 e. The van der Waals surface area contributed by atoms with Crippen molar-refractivity contribution in [1.82, 2.24) is 9.80 Å². The molecule has 3 aliphatic heterocycles. The van der Waals surface area contributed by atoms with E-state index in [1.54, 1.807) is 34.9 Å². The number of rotatable bonds is 7. The van der Waals surface area contributed by atoms with Crippen molar-refractivity contribution in [3.8, 4) is 0 Å². The molecule has 0 bridgehead atoms. The van der Waals surface area contributed by atoms with E-state index in [0.29, 0.717) is 61.1 Å². The van der Waals surface area contributed by atoms with E-state index in [1.807, 2.05) is 12.3 Å². The highest BCUT2D eigenvalue weighted by molar-refractivity contribution is 8.16. The molecule has 0 aliphatic carbocycles. The number of piperidine rings is 1. The normalized spacial score (nSPS) is 21.6. The molecule has 0 aromatic heterocycles. The zero-order chi connectivity index (χ0) is 25.8. The third-order valence-corrected chi connectivity index (χ3v) is 7.44. The number of hydrogen-bond acceptors (Lipinski definition) is 8. The van der Waals surface area contributed by atoms with E-state index < -0.39 is 17.8 Å². The number of methoxy groups -OCH3 is 1. The Bertz CT molecular complexity index is 1150. The molecule has 1 aromatic carbocycles. The molecular formula is C26H30FN3O5S. The van der Waals surface area contributed by atoms with E-state index in [0.717, 1.165) is 0 Å². The summed E-state index contributed by atoms with van der Waals surface area (Å²) in [4.78, 5) is 46.6. The second-order valence-corrected chi connectivity index (χ2v) is 9.57. The molecule has 1 saturated heterocycles. The first-order valence-electron chi connectivity index (χ1n) is 12.1. The van der Waals surface area contributed by atoms with Crippen molar-refractivity contribution < 1.29 is 28.2 Å². The number of halogens is 1. The molecule has 1 amide bonds. The summed E-state index contributed by atoms with van der Waals surface area (Å²) in [7, 11) is 1.29. The Morgan fingerprint density at radius 2 is 2.00 bits per heavy atom. The first-order valence-corrected chi connectivity index (χ1v) is 13.0. The van der Waals surface area contributed by atoms with Crippen molar-refractivity contribution in [3.05, 3.63) is 58.0 Å². The highest BCUT2D eigenvalue weighted by Gasteiger charge is 2.43. The lowest BCUT2D eigenvalue weighted by molar-refractivity contribution is -0.151. The Hall–Kier alpha value is -3.14. The molecule has 10 heteroatoms. The summed E-state index contributed by atoms with van der Waals surface area (Å²) in [5, 5.41) is 2.41. The molecule has 3 heterocycles. The SMILES string of the molecule is CCOC(=O)[C@H]1CCCN(C(=O)CC2=CSC3=NC(CC)=C(C(=O)OC)[C@H](c4ccccc4F)N23)C1. The lowest BCUT2D eigenvalue weighted by Gasteiger charge is -2.37. The zero-order valence-electron chi connectivity index (χ0n) is 20.7. The molecule has 192 valence electrons. The second-order valence-electron chi connectivity index (χ2n) is 8.73. The highest BCUT2D eigenvalue weighted by atomic mass is 32.2. The average Bonchev–Trinajstić information content (AvgIpc) is 3.29. The van der Waals surface area contributed by atoms with Gasteiger partial charge in [0.05, 0.1) is 43.4 Å². The van der Waals surface area contributed by atoms with Crippen molar-refractivity contribution in [3.63, 3.8) is 0 Å². The van der Waals surface area contributed by atoms with Crippen LogP contribution in [0.3, 0.4) is 0 Å². The second kappa shape index (κ2) is 11.3. The monoisotopic (exact) mass is 515 g/mol. The minimum Gasteiger partial charge on any atom is -0.466 e. The number of aliphatic imine (C=N–C) groups is 1. The fourth-order valence-electron chi connectivity index (χ4n) is 4.83. The molecular weight excluding hydrogens is 485 g/mol. The van der Waals surface area contributed by atoms with E-state index in [9.17, 15) is 14.4 Å². The molecule has 8 nitrogen and oxygen atoms in total. The third kappa shape index (κ3) is 5.04. The Balaban J connectivity index is 1.63. The minimum absolute atomic E-state index is 0.0302. The van der Waals surface area contributed by atoms with Gasteiger partial charge in [-0.1, -0.05) is 36.9 Å². The number of likely N-dealkylation sites (tertiary alicyclic amines) is 1. The molecule has 0 N–H and O–H groups in total. The van der Waals surface area contributed by atoms with Crippen LogP contribution in [0.25, 0.3) is 0 Å². The van der Waals surface area contributed by atoms with Crippen LogP contribution in [-0.4, -0.2) is 59.6 Å². The van der Waals surface area contributed by atoms with Gasteiger partial charge in [-0.05, 0) is 37.7 Å². The lowest BCUT2D eigenvalue weighted by Crippen LogP contribution is -2.44. The van der Waals surface area contributed by atoms with Crippen molar-refractivity contribution in [1.29, 1.82) is 0 Å². The van der Waals surface area contributed by atoms with Crippen molar-refractivity contribution in [2.45, 2.75) is 45.6 Å². The number of ether oxygens (including phenoxy) is 2. The molecule has 1 fully saturated rings. The maximum atomic E-state index is 15.1. The molecule has 3 aliphatic rings. The first-order chi connectivity index (χ1) is 17.4. The molecule has 4 rings (SSSR count). The Kier molecular flexibility index (Phi) is 8.13. The number of esters is 2. The van der Waals surface area contributed by atoms with Gasteiger partial charge in [0, 0.05) is 24.4 Å². The van der Waals surface area contributed by atoms with E-state index in [1.165, 1.54) is 24.9 Å².